The Labute approximate surface area is 167 Å². The van der Waals surface area contributed by atoms with Crippen LogP contribution in [0.25, 0.3) is 0 Å². The van der Waals surface area contributed by atoms with Crippen molar-refractivity contribution in [3.05, 3.63) is 29.3 Å². The maximum Gasteiger partial charge on any atom is 0.511 e. The van der Waals surface area contributed by atoms with Gasteiger partial charge in [0.25, 0.3) is 0 Å². The van der Waals surface area contributed by atoms with E-state index in [1.165, 1.54) is 49.7 Å². The lowest BCUT2D eigenvalue weighted by Gasteiger charge is -2.56. The van der Waals surface area contributed by atoms with E-state index in [-0.39, 0.29) is 6.79 Å². The van der Waals surface area contributed by atoms with Crippen molar-refractivity contribution < 1.29 is 19.0 Å². The lowest BCUT2D eigenvalue weighted by molar-refractivity contribution is -0.00695. The van der Waals surface area contributed by atoms with Gasteiger partial charge in [0.2, 0.25) is 6.79 Å². The second-order valence-corrected chi connectivity index (χ2v) is 9.11. The minimum absolute atomic E-state index is 0.0943. The summed E-state index contributed by atoms with van der Waals surface area (Å²) in [7, 11) is 0. The highest BCUT2D eigenvalue weighted by atomic mass is 16.8. The van der Waals surface area contributed by atoms with Crippen molar-refractivity contribution >= 4 is 6.16 Å². The summed E-state index contributed by atoms with van der Waals surface area (Å²) < 4.78 is 16.0. The average Bonchev–Trinajstić information content (AvgIpc) is 2.67. The van der Waals surface area contributed by atoms with Crippen molar-refractivity contribution in [3.8, 4) is 5.75 Å². The largest absolute Gasteiger partial charge is 0.511 e. The first-order valence-electron chi connectivity index (χ1n) is 11.0. The van der Waals surface area contributed by atoms with Gasteiger partial charge in [-0.3, -0.25) is 0 Å². The number of fused-ring (bicyclic) bond motifs is 1. The van der Waals surface area contributed by atoms with Crippen molar-refractivity contribution in [1.29, 1.82) is 0 Å². The first-order valence-corrected chi connectivity index (χ1v) is 11.0. The molecule has 1 N–H and O–H groups in total. The topological polar surface area (TPSA) is 56.8 Å². The number of hydrogen-bond donors (Lipinski definition) is 1. The van der Waals surface area contributed by atoms with Gasteiger partial charge in [-0.1, -0.05) is 25.3 Å². The Morgan fingerprint density at radius 2 is 2.04 bits per heavy atom. The van der Waals surface area contributed by atoms with Crippen LogP contribution in [0, 0.1) is 11.8 Å². The molecule has 2 bridgehead atoms. The van der Waals surface area contributed by atoms with E-state index >= 15 is 0 Å². The summed E-state index contributed by atoms with van der Waals surface area (Å²) in [5, 5.41) is 3.77. The zero-order valence-corrected chi connectivity index (χ0v) is 16.6. The lowest BCUT2D eigenvalue weighted by atomic mass is 9.53. The molecular formula is C23H31NO4. The van der Waals surface area contributed by atoms with Crippen LogP contribution in [0.15, 0.2) is 18.2 Å². The van der Waals surface area contributed by atoms with E-state index < -0.39 is 6.16 Å². The highest BCUT2D eigenvalue weighted by molar-refractivity contribution is 5.59. The zero-order chi connectivity index (χ0) is 19.0. The van der Waals surface area contributed by atoms with Gasteiger partial charge in [-0.15, -0.1) is 0 Å². The first kappa shape index (κ1) is 18.3. The maximum atomic E-state index is 11.7. The van der Waals surface area contributed by atoms with Crippen LogP contribution in [0.5, 0.6) is 5.75 Å². The van der Waals surface area contributed by atoms with Gasteiger partial charge >= 0.3 is 6.16 Å². The summed E-state index contributed by atoms with van der Waals surface area (Å²) in [5.41, 5.74) is 3.26. The predicted molar refractivity (Wildman–Crippen MR) is 105 cm³/mol. The van der Waals surface area contributed by atoms with Crippen molar-refractivity contribution in [2.75, 3.05) is 19.9 Å². The van der Waals surface area contributed by atoms with Crippen LogP contribution in [0.1, 0.15) is 62.5 Å². The number of carbonyl (C=O) groups excluding carboxylic acids is 1. The molecule has 1 aromatic carbocycles. The van der Waals surface area contributed by atoms with Crippen LogP contribution < -0.4 is 10.1 Å². The van der Waals surface area contributed by atoms with Crippen molar-refractivity contribution in [3.63, 3.8) is 0 Å². The van der Waals surface area contributed by atoms with Gasteiger partial charge in [-0.2, -0.15) is 0 Å². The van der Waals surface area contributed by atoms with E-state index in [0.29, 0.717) is 24.0 Å². The minimum Gasteiger partial charge on any atom is -0.457 e. The van der Waals surface area contributed by atoms with Gasteiger partial charge in [0.15, 0.2) is 0 Å². The lowest BCUT2D eigenvalue weighted by Crippen LogP contribution is -2.59. The molecule has 1 aromatic rings. The highest BCUT2D eigenvalue weighted by Gasteiger charge is 2.51. The van der Waals surface area contributed by atoms with Gasteiger partial charge in [0.1, 0.15) is 5.75 Å². The SMILES string of the molecule is O=C(OCOc1ccc2c(c1)[C@]13CCCC[C@@H]1[C@@H](C2)NCC3)OCC1CCC1. The average molecular weight is 386 g/mol. The maximum absolute atomic E-state index is 11.7. The molecular weight excluding hydrogens is 354 g/mol. The molecule has 0 aromatic heterocycles. The summed E-state index contributed by atoms with van der Waals surface area (Å²) in [6.45, 7) is 1.49. The number of hydrogen-bond acceptors (Lipinski definition) is 5. The van der Waals surface area contributed by atoms with Crippen molar-refractivity contribution in [2.24, 2.45) is 11.8 Å². The van der Waals surface area contributed by atoms with Crippen molar-refractivity contribution in [1.82, 2.24) is 5.32 Å². The summed E-state index contributed by atoms with van der Waals surface area (Å²) in [5.74, 6) is 2.06. The number of ether oxygens (including phenoxy) is 3. The number of nitrogens with one attached hydrogen (secondary N) is 1. The Bertz CT molecular complexity index is 727. The highest BCUT2D eigenvalue weighted by Crippen LogP contribution is 2.54. The standard InChI is InChI=1S/C23H31NO4/c25-22(26-14-16-4-3-5-16)28-15-27-18-8-7-17-12-21-19-6-1-2-9-23(19,10-11-24-21)20(17)13-18/h7-8,13,16,19,21,24H,1-6,9-12,14-15H2/t19-,21-,23+/m1/s1. The zero-order valence-electron chi connectivity index (χ0n) is 16.6. The van der Waals surface area contributed by atoms with Gasteiger partial charge in [-0.25, -0.2) is 4.79 Å². The molecule has 28 heavy (non-hydrogen) atoms. The fourth-order valence-electron chi connectivity index (χ4n) is 6.03. The molecule has 152 valence electrons. The van der Waals surface area contributed by atoms with E-state index in [9.17, 15) is 4.79 Å². The first-order chi connectivity index (χ1) is 13.7. The molecule has 1 heterocycles. The smallest absolute Gasteiger partial charge is 0.457 e. The Morgan fingerprint density at radius 3 is 2.89 bits per heavy atom. The third-order valence-corrected chi connectivity index (χ3v) is 7.68. The molecule has 1 aliphatic heterocycles. The Morgan fingerprint density at radius 1 is 1.11 bits per heavy atom. The van der Waals surface area contributed by atoms with Gasteiger partial charge in [0, 0.05) is 11.5 Å². The number of rotatable bonds is 5. The van der Waals surface area contributed by atoms with E-state index in [4.69, 9.17) is 14.2 Å². The van der Waals surface area contributed by atoms with E-state index in [1.807, 2.05) is 6.07 Å². The number of carbonyl (C=O) groups is 1. The van der Waals surface area contributed by atoms with Crippen LogP contribution in [-0.2, 0) is 21.3 Å². The molecule has 2 saturated carbocycles. The molecule has 3 aliphatic carbocycles. The molecule has 1 saturated heterocycles. The molecule has 5 rings (SSSR count). The predicted octanol–water partition coefficient (Wildman–Crippen LogP) is 4.32. The summed E-state index contributed by atoms with van der Waals surface area (Å²) in [4.78, 5) is 11.7. The van der Waals surface area contributed by atoms with Crippen LogP contribution in [0.4, 0.5) is 4.79 Å². The van der Waals surface area contributed by atoms with Gasteiger partial charge < -0.3 is 19.5 Å². The quantitative estimate of drug-likeness (QED) is 0.604. The van der Waals surface area contributed by atoms with Gasteiger partial charge in [-0.05, 0) is 80.2 Å². The second kappa shape index (κ2) is 7.58. The summed E-state index contributed by atoms with van der Waals surface area (Å²) >= 11 is 0. The molecule has 0 radical (unpaired) electrons. The van der Waals surface area contributed by atoms with E-state index in [2.05, 4.69) is 17.4 Å². The molecule has 0 spiro atoms. The minimum atomic E-state index is -0.628. The molecule has 3 atom stereocenters. The second-order valence-electron chi connectivity index (χ2n) is 9.11. The van der Waals surface area contributed by atoms with Gasteiger partial charge in [0.05, 0.1) is 6.61 Å². The van der Waals surface area contributed by atoms with Crippen LogP contribution in [0.2, 0.25) is 0 Å². The fourth-order valence-corrected chi connectivity index (χ4v) is 6.03. The van der Waals surface area contributed by atoms with Crippen LogP contribution in [-0.4, -0.2) is 32.1 Å². The molecule has 5 nitrogen and oxygen atoms in total. The van der Waals surface area contributed by atoms with Crippen LogP contribution in [0.3, 0.4) is 0 Å². The summed E-state index contributed by atoms with van der Waals surface area (Å²) in [6, 6.07) is 7.07. The monoisotopic (exact) mass is 385 g/mol. The molecule has 5 heteroatoms. The molecule has 3 fully saturated rings. The number of benzene rings is 1. The molecule has 0 amide bonds. The Balaban J connectivity index is 1.23. The molecule has 4 aliphatic rings. The Hall–Kier alpha value is -1.75. The summed E-state index contributed by atoms with van der Waals surface area (Å²) in [6.07, 6.45) is 10.5. The third kappa shape index (κ3) is 3.28. The van der Waals surface area contributed by atoms with E-state index in [1.54, 1.807) is 0 Å². The number of piperidine rings is 1. The van der Waals surface area contributed by atoms with Crippen molar-refractivity contribution in [2.45, 2.75) is 69.2 Å². The molecule has 0 unspecified atom stereocenters. The normalized spacial score (nSPS) is 31.1. The third-order valence-electron chi connectivity index (χ3n) is 7.68. The van der Waals surface area contributed by atoms with E-state index in [0.717, 1.165) is 37.5 Å². The fraction of sp³-hybridized carbons (Fsp3) is 0.696. The Kier molecular flexibility index (Phi) is 4.95. The van der Waals surface area contributed by atoms with Crippen LogP contribution >= 0.6 is 0 Å².